The van der Waals surface area contributed by atoms with Crippen LogP contribution in [-0.2, 0) is 0 Å². The zero-order chi connectivity index (χ0) is 16.0. The smallest absolute Gasteiger partial charge is 0.122 e. The predicted molar refractivity (Wildman–Crippen MR) is 94.1 cm³/mol. The van der Waals surface area contributed by atoms with Crippen LogP contribution in [0.4, 0.5) is 0 Å². The van der Waals surface area contributed by atoms with Crippen molar-refractivity contribution in [1.29, 1.82) is 0 Å². The van der Waals surface area contributed by atoms with Crippen LogP contribution >= 0.6 is 0 Å². The van der Waals surface area contributed by atoms with E-state index in [1.165, 1.54) is 0 Å². The van der Waals surface area contributed by atoms with Crippen LogP contribution in [-0.4, -0.2) is 13.0 Å². The molecule has 0 aliphatic rings. The summed E-state index contributed by atoms with van der Waals surface area (Å²) in [5, 5.41) is 10.2. The highest BCUT2D eigenvalue weighted by molar-refractivity contribution is 6.32. The number of rotatable bonds is 6. The maximum Gasteiger partial charge on any atom is 0.122 e. The average Bonchev–Trinajstić information content (AvgIpc) is 2.41. The van der Waals surface area contributed by atoms with E-state index in [0.29, 0.717) is 5.46 Å². The Labute approximate surface area is 129 Å². The lowest BCUT2D eigenvalue weighted by Gasteiger charge is -2.14. The normalized spacial score (nSPS) is 12.3. The van der Waals surface area contributed by atoms with Gasteiger partial charge in [-0.15, -0.1) is 0 Å². The zero-order valence-electron chi connectivity index (χ0n) is 13.2. The van der Waals surface area contributed by atoms with Gasteiger partial charge in [-0.05, 0) is 49.1 Å². The van der Waals surface area contributed by atoms with Crippen molar-refractivity contribution in [3.8, 4) is 5.75 Å². The first-order valence-corrected chi connectivity index (χ1v) is 7.21. The minimum atomic E-state index is 0.177. The first kappa shape index (κ1) is 17.1. The molecule has 0 spiro atoms. The van der Waals surface area contributed by atoms with Crippen LogP contribution in [0.3, 0.4) is 0 Å². The molecular weight excluding hydrogens is 255 g/mol. The molecule has 0 saturated carbocycles. The van der Waals surface area contributed by atoms with Crippen molar-refractivity contribution in [2.45, 2.75) is 33.6 Å². The molecule has 0 amide bonds. The molecule has 2 radical (unpaired) electrons. The van der Waals surface area contributed by atoms with Crippen molar-refractivity contribution in [3.63, 3.8) is 0 Å². The van der Waals surface area contributed by atoms with Crippen molar-refractivity contribution >= 4 is 18.9 Å². The van der Waals surface area contributed by atoms with Gasteiger partial charge in [-0.2, -0.15) is 0 Å². The van der Waals surface area contributed by atoms with Crippen LogP contribution in [0.25, 0.3) is 5.57 Å². The molecule has 1 nitrogen and oxygen atoms in total. The van der Waals surface area contributed by atoms with Crippen LogP contribution < -0.4 is 5.46 Å². The Hall–Kier alpha value is -1.96. The van der Waals surface area contributed by atoms with Crippen LogP contribution in [0, 0.1) is 0 Å². The molecule has 1 aromatic rings. The lowest BCUT2D eigenvalue weighted by atomic mass is 9.88. The maximum atomic E-state index is 10.2. The Morgan fingerprint density at radius 3 is 2.48 bits per heavy atom. The summed E-state index contributed by atoms with van der Waals surface area (Å²) in [5.74, 6) is 0.177. The molecule has 108 valence electrons. The fourth-order valence-electron chi connectivity index (χ4n) is 2.19. The van der Waals surface area contributed by atoms with E-state index in [9.17, 15) is 5.11 Å². The average molecular weight is 278 g/mol. The van der Waals surface area contributed by atoms with Gasteiger partial charge in [-0.3, -0.25) is 0 Å². The molecule has 1 N–H and O–H groups in total. The molecule has 0 bridgehead atoms. The Morgan fingerprint density at radius 2 is 2.00 bits per heavy atom. The molecule has 0 aliphatic carbocycles. The Bertz CT molecular complexity index is 606. The summed E-state index contributed by atoms with van der Waals surface area (Å²) in [4.78, 5) is 0. The van der Waals surface area contributed by atoms with Crippen molar-refractivity contribution in [2.24, 2.45) is 0 Å². The number of phenols is 1. The van der Waals surface area contributed by atoms with E-state index in [1.807, 2.05) is 32.1 Å². The number of hydrogen-bond acceptors (Lipinski definition) is 1. The summed E-state index contributed by atoms with van der Waals surface area (Å²) < 4.78 is 0. The third kappa shape index (κ3) is 4.52. The highest BCUT2D eigenvalue weighted by Gasteiger charge is 2.11. The summed E-state index contributed by atoms with van der Waals surface area (Å²) in [6, 6.07) is 5.19. The van der Waals surface area contributed by atoms with Crippen molar-refractivity contribution in [3.05, 3.63) is 65.8 Å². The standard InChI is InChI=1S/C19H23BO/c1-6-8-14(5)18(11-15(7-2)13(3)4)17-10-9-16(20)12-19(17)21/h7,9-12,21H,3,5-6,8H2,1-2,4H3/b15-7-,18-11+. The van der Waals surface area contributed by atoms with Gasteiger partial charge in [0.15, 0.2) is 0 Å². The highest BCUT2D eigenvalue weighted by Crippen LogP contribution is 2.32. The second-order valence-corrected chi connectivity index (χ2v) is 5.21. The van der Waals surface area contributed by atoms with E-state index in [-0.39, 0.29) is 5.75 Å². The third-order valence-corrected chi connectivity index (χ3v) is 3.35. The number of aromatic hydroxyl groups is 1. The van der Waals surface area contributed by atoms with Gasteiger partial charge in [0.1, 0.15) is 13.6 Å². The van der Waals surface area contributed by atoms with Gasteiger partial charge in [0.25, 0.3) is 0 Å². The topological polar surface area (TPSA) is 20.2 Å². The Balaban J connectivity index is 3.42. The SMILES string of the molecule is [B]c1ccc(/C(=C/C(=C/C)C(=C)C)C(=C)CCC)c(O)c1. The van der Waals surface area contributed by atoms with E-state index >= 15 is 0 Å². The second kappa shape index (κ2) is 7.73. The largest absolute Gasteiger partial charge is 0.507 e. The predicted octanol–water partition coefficient (Wildman–Crippen LogP) is 4.45. The van der Waals surface area contributed by atoms with Crippen molar-refractivity contribution in [1.82, 2.24) is 0 Å². The molecule has 0 atom stereocenters. The van der Waals surface area contributed by atoms with Crippen LogP contribution in [0.1, 0.15) is 39.2 Å². The van der Waals surface area contributed by atoms with Gasteiger partial charge in [0.05, 0.1) is 0 Å². The molecule has 2 heteroatoms. The first-order chi connectivity index (χ1) is 9.90. The molecule has 0 saturated heterocycles. The van der Waals surface area contributed by atoms with Gasteiger partial charge >= 0.3 is 0 Å². The van der Waals surface area contributed by atoms with E-state index in [2.05, 4.69) is 20.1 Å². The van der Waals surface area contributed by atoms with Crippen LogP contribution in [0.2, 0.25) is 0 Å². The van der Waals surface area contributed by atoms with Gasteiger partial charge in [-0.1, -0.05) is 55.7 Å². The Morgan fingerprint density at radius 1 is 1.33 bits per heavy atom. The first-order valence-electron chi connectivity index (χ1n) is 7.21. The number of hydrogen-bond donors (Lipinski definition) is 1. The van der Waals surface area contributed by atoms with Crippen LogP contribution in [0.5, 0.6) is 5.75 Å². The fraction of sp³-hybridized carbons (Fsp3) is 0.263. The quantitative estimate of drug-likeness (QED) is 0.602. The summed E-state index contributed by atoms with van der Waals surface area (Å²) >= 11 is 0. The maximum absolute atomic E-state index is 10.2. The summed E-state index contributed by atoms with van der Waals surface area (Å²) in [5.41, 5.74) is 5.25. The summed E-state index contributed by atoms with van der Waals surface area (Å²) in [6.45, 7) is 14.2. The lowest BCUT2D eigenvalue weighted by molar-refractivity contribution is 0.474. The number of phenolic OH excluding ortho intramolecular Hbond substituents is 1. The highest BCUT2D eigenvalue weighted by atomic mass is 16.3. The molecule has 0 heterocycles. The summed E-state index contributed by atoms with van der Waals surface area (Å²) in [6.07, 6.45) is 5.93. The summed E-state index contributed by atoms with van der Waals surface area (Å²) in [7, 11) is 5.71. The molecular formula is C19H23BO. The van der Waals surface area contributed by atoms with Crippen molar-refractivity contribution in [2.75, 3.05) is 0 Å². The Kier molecular flexibility index (Phi) is 6.29. The van der Waals surface area contributed by atoms with Gasteiger partial charge in [-0.25, -0.2) is 0 Å². The van der Waals surface area contributed by atoms with Gasteiger partial charge < -0.3 is 5.11 Å². The zero-order valence-corrected chi connectivity index (χ0v) is 13.2. The van der Waals surface area contributed by atoms with Gasteiger partial charge in [0, 0.05) is 5.56 Å². The van der Waals surface area contributed by atoms with E-state index < -0.39 is 0 Å². The lowest BCUT2D eigenvalue weighted by Crippen LogP contribution is -2.02. The number of benzene rings is 1. The second-order valence-electron chi connectivity index (χ2n) is 5.21. The van der Waals surface area contributed by atoms with Gasteiger partial charge in [0.2, 0.25) is 0 Å². The van der Waals surface area contributed by atoms with E-state index in [4.69, 9.17) is 7.85 Å². The molecule has 1 rings (SSSR count). The molecule has 0 fully saturated rings. The molecule has 0 unspecified atom stereocenters. The molecule has 1 aromatic carbocycles. The monoisotopic (exact) mass is 278 g/mol. The molecule has 0 aliphatic heterocycles. The third-order valence-electron chi connectivity index (χ3n) is 3.35. The number of allylic oxidation sites excluding steroid dienone is 6. The minimum absolute atomic E-state index is 0.177. The van der Waals surface area contributed by atoms with E-state index in [1.54, 1.807) is 12.1 Å². The molecule has 21 heavy (non-hydrogen) atoms. The minimum Gasteiger partial charge on any atom is -0.507 e. The van der Waals surface area contributed by atoms with E-state index in [0.717, 1.165) is 40.7 Å². The van der Waals surface area contributed by atoms with Crippen molar-refractivity contribution < 1.29 is 5.11 Å². The fourth-order valence-corrected chi connectivity index (χ4v) is 2.19. The molecule has 0 aromatic heterocycles. The van der Waals surface area contributed by atoms with Crippen LogP contribution in [0.15, 0.2) is 60.2 Å².